The molecule has 98 valence electrons. The van der Waals surface area contributed by atoms with E-state index < -0.39 is 0 Å². The molecule has 1 atom stereocenters. The number of carbonyl (C=O) groups excluding carboxylic acids is 1. The van der Waals surface area contributed by atoms with Gasteiger partial charge >= 0.3 is 0 Å². The third-order valence-electron chi connectivity index (χ3n) is 3.94. The van der Waals surface area contributed by atoms with Gasteiger partial charge in [0.05, 0.1) is 6.54 Å². The Morgan fingerprint density at radius 3 is 2.71 bits per heavy atom. The lowest BCUT2D eigenvalue weighted by Gasteiger charge is -2.29. The molecule has 4 nitrogen and oxygen atoms in total. The summed E-state index contributed by atoms with van der Waals surface area (Å²) in [5.41, 5.74) is 0. The van der Waals surface area contributed by atoms with Gasteiger partial charge < -0.3 is 10.2 Å². The van der Waals surface area contributed by atoms with Crippen LogP contribution >= 0.6 is 0 Å². The summed E-state index contributed by atoms with van der Waals surface area (Å²) in [7, 11) is 0. The lowest BCUT2D eigenvalue weighted by molar-refractivity contribution is -0.132. The second-order valence-electron chi connectivity index (χ2n) is 5.44. The van der Waals surface area contributed by atoms with E-state index in [1.807, 2.05) is 0 Å². The minimum atomic E-state index is 0.334. The zero-order chi connectivity index (χ0) is 12.1. The number of amides is 1. The first-order valence-electron chi connectivity index (χ1n) is 6.96. The van der Waals surface area contributed by atoms with Gasteiger partial charge in [-0.1, -0.05) is 6.92 Å². The summed E-state index contributed by atoms with van der Waals surface area (Å²) >= 11 is 0. The fourth-order valence-corrected chi connectivity index (χ4v) is 2.67. The molecule has 0 aromatic carbocycles. The Bertz CT molecular complexity index is 251. The van der Waals surface area contributed by atoms with E-state index in [4.69, 9.17) is 0 Å². The third kappa shape index (κ3) is 3.96. The largest absolute Gasteiger partial charge is 0.342 e. The van der Waals surface area contributed by atoms with Crippen LogP contribution < -0.4 is 5.32 Å². The van der Waals surface area contributed by atoms with Crippen LogP contribution in [-0.2, 0) is 4.79 Å². The monoisotopic (exact) mass is 239 g/mol. The molecule has 1 unspecified atom stereocenters. The topological polar surface area (TPSA) is 35.6 Å². The molecule has 0 aromatic heterocycles. The molecule has 1 amide bonds. The Kier molecular flexibility index (Phi) is 4.80. The summed E-state index contributed by atoms with van der Waals surface area (Å²) in [4.78, 5) is 16.5. The van der Waals surface area contributed by atoms with E-state index >= 15 is 0 Å². The zero-order valence-corrected chi connectivity index (χ0v) is 11.0. The van der Waals surface area contributed by atoms with Crippen molar-refractivity contribution < 1.29 is 4.79 Å². The summed E-state index contributed by atoms with van der Waals surface area (Å²) in [6.45, 7) is 8.91. The van der Waals surface area contributed by atoms with Crippen molar-refractivity contribution >= 4 is 5.91 Å². The van der Waals surface area contributed by atoms with Crippen molar-refractivity contribution in [1.82, 2.24) is 15.1 Å². The molecule has 2 aliphatic heterocycles. The summed E-state index contributed by atoms with van der Waals surface area (Å²) in [5.74, 6) is 1.12. The third-order valence-corrected chi connectivity index (χ3v) is 3.94. The molecular weight excluding hydrogens is 214 g/mol. The fraction of sp³-hybridized carbons (Fsp3) is 0.923. The van der Waals surface area contributed by atoms with Gasteiger partial charge in [0, 0.05) is 39.3 Å². The van der Waals surface area contributed by atoms with Gasteiger partial charge in [-0.25, -0.2) is 0 Å². The number of hydrogen-bond acceptors (Lipinski definition) is 3. The van der Waals surface area contributed by atoms with Crippen molar-refractivity contribution in [3.05, 3.63) is 0 Å². The van der Waals surface area contributed by atoms with E-state index in [2.05, 4.69) is 22.0 Å². The molecule has 0 aliphatic carbocycles. The van der Waals surface area contributed by atoms with Crippen LogP contribution in [0.5, 0.6) is 0 Å². The van der Waals surface area contributed by atoms with Gasteiger partial charge in [-0.3, -0.25) is 9.69 Å². The molecule has 17 heavy (non-hydrogen) atoms. The van der Waals surface area contributed by atoms with Crippen molar-refractivity contribution in [3.8, 4) is 0 Å². The highest BCUT2D eigenvalue weighted by Gasteiger charge is 2.21. The quantitative estimate of drug-likeness (QED) is 0.764. The van der Waals surface area contributed by atoms with Gasteiger partial charge in [0.25, 0.3) is 0 Å². The average molecular weight is 239 g/mol. The number of carbonyl (C=O) groups is 1. The van der Waals surface area contributed by atoms with E-state index in [-0.39, 0.29) is 0 Å². The van der Waals surface area contributed by atoms with Crippen LogP contribution in [0.15, 0.2) is 0 Å². The van der Waals surface area contributed by atoms with Crippen molar-refractivity contribution in [2.24, 2.45) is 5.92 Å². The molecule has 1 N–H and O–H groups in total. The molecular formula is C13H25N3O. The molecule has 0 bridgehead atoms. The van der Waals surface area contributed by atoms with E-state index in [0.717, 1.165) is 45.2 Å². The predicted octanol–water partition coefficient (Wildman–Crippen LogP) is 0.540. The van der Waals surface area contributed by atoms with E-state index in [1.54, 1.807) is 0 Å². The second-order valence-corrected chi connectivity index (χ2v) is 5.44. The maximum absolute atomic E-state index is 12.2. The molecule has 2 fully saturated rings. The van der Waals surface area contributed by atoms with Crippen LogP contribution in [-0.4, -0.2) is 61.5 Å². The highest BCUT2D eigenvalue weighted by atomic mass is 16.2. The lowest BCUT2D eigenvalue weighted by Crippen LogP contribution is -2.48. The molecule has 2 saturated heterocycles. The van der Waals surface area contributed by atoms with Crippen LogP contribution in [0.1, 0.15) is 26.2 Å². The second kappa shape index (κ2) is 6.36. The first-order valence-corrected chi connectivity index (χ1v) is 6.96. The number of nitrogens with zero attached hydrogens (tertiary/aromatic N) is 2. The summed E-state index contributed by atoms with van der Waals surface area (Å²) in [6, 6.07) is 0. The number of piperazine rings is 1. The lowest BCUT2D eigenvalue weighted by atomic mass is 10.0. The maximum atomic E-state index is 12.2. The minimum absolute atomic E-state index is 0.334. The van der Waals surface area contributed by atoms with E-state index in [0.29, 0.717) is 12.5 Å². The molecule has 2 heterocycles. The van der Waals surface area contributed by atoms with Gasteiger partial charge in [-0.15, -0.1) is 0 Å². The standard InChI is InChI=1S/C13H25N3O/c1-12-3-2-7-16(8-4-12)13(17)11-15-9-5-14-6-10-15/h12,14H,2-11H2,1H3. The summed E-state index contributed by atoms with van der Waals surface area (Å²) in [6.07, 6.45) is 3.62. The zero-order valence-electron chi connectivity index (χ0n) is 11.0. The molecule has 4 heteroatoms. The Balaban J connectivity index is 1.77. The molecule has 2 rings (SSSR count). The van der Waals surface area contributed by atoms with Crippen LogP contribution in [0.25, 0.3) is 0 Å². The number of rotatable bonds is 2. The van der Waals surface area contributed by atoms with Gasteiger partial charge in [0.2, 0.25) is 5.91 Å². The Morgan fingerprint density at radius 2 is 1.94 bits per heavy atom. The van der Waals surface area contributed by atoms with Crippen molar-refractivity contribution in [2.45, 2.75) is 26.2 Å². The molecule has 2 aliphatic rings. The van der Waals surface area contributed by atoms with Gasteiger partial charge in [0.1, 0.15) is 0 Å². The summed E-state index contributed by atoms with van der Waals surface area (Å²) in [5, 5.41) is 3.32. The van der Waals surface area contributed by atoms with Gasteiger partial charge in [-0.2, -0.15) is 0 Å². The van der Waals surface area contributed by atoms with Crippen LogP contribution in [0.2, 0.25) is 0 Å². The van der Waals surface area contributed by atoms with E-state index in [1.165, 1.54) is 19.3 Å². The number of nitrogens with one attached hydrogen (secondary N) is 1. The smallest absolute Gasteiger partial charge is 0.236 e. The molecule has 0 spiro atoms. The predicted molar refractivity (Wildman–Crippen MR) is 68.9 cm³/mol. The van der Waals surface area contributed by atoms with Gasteiger partial charge in [-0.05, 0) is 25.2 Å². The van der Waals surface area contributed by atoms with Crippen molar-refractivity contribution in [3.63, 3.8) is 0 Å². The first-order chi connectivity index (χ1) is 8.25. The average Bonchev–Trinajstić information content (AvgIpc) is 2.55. The highest BCUT2D eigenvalue weighted by Crippen LogP contribution is 2.16. The SMILES string of the molecule is CC1CCCN(C(=O)CN2CCNCC2)CC1. The van der Waals surface area contributed by atoms with Crippen LogP contribution in [0.4, 0.5) is 0 Å². The van der Waals surface area contributed by atoms with Gasteiger partial charge in [0.15, 0.2) is 0 Å². The molecule has 0 saturated carbocycles. The fourth-order valence-electron chi connectivity index (χ4n) is 2.67. The Labute approximate surface area is 104 Å². The van der Waals surface area contributed by atoms with Crippen LogP contribution in [0.3, 0.4) is 0 Å². The number of likely N-dealkylation sites (tertiary alicyclic amines) is 1. The van der Waals surface area contributed by atoms with Crippen molar-refractivity contribution in [1.29, 1.82) is 0 Å². The summed E-state index contributed by atoms with van der Waals surface area (Å²) < 4.78 is 0. The number of hydrogen-bond donors (Lipinski definition) is 1. The van der Waals surface area contributed by atoms with Crippen LogP contribution in [0, 0.1) is 5.92 Å². The normalized spacial score (nSPS) is 27.8. The molecule has 0 radical (unpaired) electrons. The Morgan fingerprint density at radius 1 is 1.18 bits per heavy atom. The highest BCUT2D eigenvalue weighted by molar-refractivity contribution is 5.78. The minimum Gasteiger partial charge on any atom is -0.342 e. The Hall–Kier alpha value is -0.610. The van der Waals surface area contributed by atoms with Crippen molar-refractivity contribution in [2.75, 3.05) is 45.8 Å². The van der Waals surface area contributed by atoms with E-state index in [9.17, 15) is 4.79 Å². The maximum Gasteiger partial charge on any atom is 0.236 e. The molecule has 0 aromatic rings. The first kappa shape index (κ1) is 12.8.